The number of rotatable bonds is 7. The molecule has 1 aliphatic heterocycles. The van der Waals surface area contributed by atoms with Gasteiger partial charge in [-0.05, 0) is 70.0 Å². The molecule has 178 valence electrons. The molecule has 5 N–H and O–H groups in total. The SMILES string of the molecule is CC(C)NC(=O)c1cnc(Nc2ccc3c(c2)CNCC3)cc1Nc1ccnc(C(C)(C)O)n1. The van der Waals surface area contributed by atoms with Gasteiger partial charge in [0.25, 0.3) is 5.91 Å². The third kappa shape index (κ3) is 5.67. The Labute approximate surface area is 199 Å². The third-order valence-electron chi connectivity index (χ3n) is 5.40. The number of nitrogens with zero attached hydrogens (tertiary/aromatic N) is 3. The van der Waals surface area contributed by atoms with Gasteiger partial charge < -0.3 is 26.4 Å². The summed E-state index contributed by atoms with van der Waals surface area (Å²) in [6, 6.07) is 9.74. The van der Waals surface area contributed by atoms with Crippen molar-refractivity contribution in [1.29, 1.82) is 0 Å². The minimum absolute atomic E-state index is 0.0249. The Hall–Kier alpha value is -3.56. The van der Waals surface area contributed by atoms with E-state index in [1.54, 1.807) is 38.4 Å². The summed E-state index contributed by atoms with van der Waals surface area (Å²) in [5.74, 6) is 1.08. The Morgan fingerprint density at radius 1 is 1.09 bits per heavy atom. The maximum Gasteiger partial charge on any atom is 0.255 e. The topological polar surface area (TPSA) is 124 Å². The standard InChI is InChI=1S/C25H31N7O2/c1-15(2)29-23(33)19-14-28-22(30-18-6-5-16-7-9-26-13-17(16)11-18)12-20(19)31-21-8-10-27-24(32-21)25(3,4)34/h5-6,8,10-12,14-15,26,34H,7,9,13H2,1-4H3,(H,29,33)(H2,27,28,30,31,32). The van der Waals surface area contributed by atoms with Crippen LogP contribution in [0.25, 0.3) is 0 Å². The lowest BCUT2D eigenvalue weighted by Crippen LogP contribution is -2.30. The van der Waals surface area contributed by atoms with E-state index < -0.39 is 5.60 Å². The number of aromatic nitrogens is 3. The minimum Gasteiger partial charge on any atom is -0.382 e. The Kier molecular flexibility index (Phi) is 6.76. The highest BCUT2D eigenvalue weighted by Crippen LogP contribution is 2.27. The van der Waals surface area contributed by atoms with Crippen LogP contribution >= 0.6 is 0 Å². The lowest BCUT2D eigenvalue weighted by molar-refractivity contribution is 0.0688. The molecule has 0 unspecified atom stereocenters. The molecule has 2 aromatic heterocycles. The number of benzene rings is 1. The van der Waals surface area contributed by atoms with E-state index in [4.69, 9.17) is 0 Å². The predicted octanol–water partition coefficient (Wildman–Crippen LogP) is 3.37. The van der Waals surface area contributed by atoms with Crippen LogP contribution in [-0.4, -0.2) is 38.6 Å². The number of pyridine rings is 1. The number of carbonyl (C=O) groups excluding carboxylic acids is 1. The molecule has 9 nitrogen and oxygen atoms in total. The normalized spacial score (nSPS) is 13.4. The van der Waals surface area contributed by atoms with Crippen LogP contribution in [0.1, 0.15) is 55.0 Å². The number of hydrogen-bond acceptors (Lipinski definition) is 8. The summed E-state index contributed by atoms with van der Waals surface area (Å²) in [4.78, 5) is 25.9. The molecule has 0 spiro atoms. The van der Waals surface area contributed by atoms with E-state index >= 15 is 0 Å². The highest BCUT2D eigenvalue weighted by molar-refractivity contribution is 6.00. The first-order valence-electron chi connectivity index (χ1n) is 11.4. The first-order chi connectivity index (χ1) is 16.2. The zero-order valence-corrected chi connectivity index (χ0v) is 19.9. The van der Waals surface area contributed by atoms with Crippen molar-refractivity contribution in [2.24, 2.45) is 0 Å². The minimum atomic E-state index is -1.19. The van der Waals surface area contributed by atoms with Gasteiger partial charge in [0, 0.05) is 36.7 Å². The second kappa shape index (κ2) is 9.74. The van der Waals surface area contributed by atoms with E-state index in [0.29, 0.717) is 22.9 Å². The number of fused-ring (bicyclic) bond motifs is 1. The summed E-state index contributed by atoms with van der Waals surface area (Å²) in [5, 5.41) is 23.1. The van der Waals surface area contributed by atoms with Crippen molar-refractivity contribution < 1.29 is 9.90 Å². The van der Waals surface area contributed by atoms with Gasteiger partial charge in [-0.15, -0.1) is 0 Å². The van der Waals surface area contributed by atoms with Gasteiger partial charge in [0.15, 0.2) is 5.82 Å². The van der Waals surface area contributed by atoms with Gasteiger partial charge in [-0.25, -0.2) is 15.0 Å². The van der Waals surface area contributed by atoms with Crippen LogP contribution in [0, 0.1) is 0 Å². The molecular formula is C25H31N7O2. The van der Waals surface area contributed by atoms with E-state index in [1.165, 1.54) is 11.1 Å². The fourth-order valence-electron chi connectivity index (χ4n) is 3.72. The summed E-state index contributed by atoms with van der Waals surface area (Å²) in [5.41, 5.74) is 3.27. The van der Waals surface area contributed by atoms with Crippen LogP contribution in [0.5, 0.6) is 0 Å². The molecule has 1 aliphatic rings. The molecule has 1 aromatic carbocycles. The van der Waals surface area contributed by atoms with Gasteiger partial charge in [-0.1, -0.05) is 6.07 Å². The monoisotopic (exact) mass is 461 g/mol. The fraction of sp³-hybridized carbons (Fsp3) is 0.360. The molecule has 9 heteroatoms. The Balaban J connectivity index is 1.65. The van der Waals surface area contributed by atoms with Crippen LogP contribution in [-0.2, 0) is 18.6 Å². The molecule has 0 fully saturated rings. The molecule has 4 rings (SSSR count). The highest BCUT2D eigenvalue weighted by Gasteiger charge is 2.21. The van der Waals surface area contributed by atoms with E-state index in [2.05, 4.69) is 48.4 Å². The van der Waals surface area contributed by atoms with Gasteiger partial charge in [-0.2, -0.15) is 0 Å². The number of aliphatic hydroxyl groups is 1. The summed E-state index contributed by atoms with van der Waals surface area (Å²) in [6.07, 6.45) is 4.13. The first-order valence-corrected chi connectivity index (χ1v) is 11.4. The summed E-state index contributed by atoms with van der Waals surface area (Å²) < 4.78 is 0. The number of anilines is 4. The second-order valence-electron chi connectivity index (χ2n) is 9.23. The van der Waals surface area contributed by atoms with E-state index in [0.717, 1.165) is 25.2 Å². The molecule has 0 atom stereocenters. The van der Waals surface area contributed by atoms with Crippen molar-refractivity contribution >= 4 is 28.9 Å². The molecule has 0 saturated heterocycles. The van der Waals surface area contributed by atoms with Crippen LogP contribution in [0.15, 0.2) is 42.7 Å². The quantitative estimate of drug-likeness (QED) is 0.363. The van der Waals surface area contributed by atoms with Crippen molar-refractivity contribution in [3.8, 4) is 0 Å². The molecule has 0 bridgehead atoms. The van der Waals surface area contributed by atoms with Crippen LogP contribution in [0.2, 0.25) is 0 Å². The second-order valence-corrected chi connectivity index (χ2v) is 9.23. The van der Waals surface area contributed by atoms with Gasteiger partial charge in [0.1, 0.15) is 17.2 Å². The van der Waals surface area contributed by atoms with Gasteiger partial charge in [0.2, 0.25) is 0 Å². The number of nitrogens with one attached hydrogen (secondary N) is 4. The zero-order chi connectivity index (χ0) is 24.3. The molecule has 0 aliphatic carbocycles. The Morgan fingerprint density at radius 2 is 1.91 bits per heavy atom. The zero-order valence-electron chi connectivity index (χ0n) is 19.9. The van der Waals surface area contributed by atoms with Gasteiger partial charge in [-0.3, -0.25) is 4.79 Å². The molecule has 3 aromatic rings. The molecular weight excluding hydrogens is 430 g/mol. The molecule has 0 radical (unpaired) electrons. The fourth-order valence-corrected chi connectivity index (χ4v) is 3.72. The number of amides is 1. The Bertz CT molecular complexity index is 1190. The molecule has 34 heavy (non-hydrogen) atoms. The lowest BCUT2D eigenvalue weighted by Gasteiger charge is -2.19. The molecule has 0 saturated carbocycles. The number of hydrogen-bond donors (Lipinski definition) is 5. The molecule has 3 heterocycles. The summed E-state index contributed by atoms with van der Waals surface area (Å²) in [6.45, 7) is 8.89. The first kappa shape index (κ1) is 23.6. The van der Waals surface area contributed by atoms with Crippen molar-refractivity contribution in [3.05, 3.63) is 65.2 Å². The van der Waals surface area contributed by atoms with Crippen molar-refractivity contribution in [2.75, 3.05) is 17.2 Å². The average Bonchev–Trinajstić information content (AvgIpc) is 2.78. The van der Waals surface area contributed by atoms with Gasteiger partial charge in [0.05, 0.1) is 11.3 Å². The van der Waals surface area contributed by atoms with Crippen LogP contribution in [0.4, 0.5) is 23.0 Å². The smallest absolute Gasteiger partial charge is 0.255 e. The van der Waals surface area contributed by atoms with Crippen LogP contribution < -0.4 is 21.3 Å². The summed E-state index contributed by atoms with van der Waals surface area (Å²) in [7, 11) is 0. The highest BCUT2D eigenvalue weighted by atomic mass is 16.3. The Morgan fingerprint density at radius 3 is 2.68 bits per heavy atom. The summed E-state index contributed by atoms with van der Waals surface area (Å²) >= 11 is 0. The van der Waals surface area contributed by atoms with Gasteiger partial charge >= 0.3 is 0 Å². The van der Waals surface area contributed by atoms with Crippen molar-refractivity contribution in [3.63, 3.8) is 0 Å². The average molecular weight is 462 g/mol. The molecule has 1 amide bonds. The maximum absolute atomic E-state index is 12.8. The van der Waals surface area contributed by atoms with Crippen molar-refractivity contribution in [1.82, 2.24) is 25.6 Å². The predicted molar refractivity (Wildman–Crippen MR) is 133 cm³/mol. The lowest BCUT2D eigenvalue weighted by atomic mass is 10.0. The van der Waals surface area contributed by atoms with E-state index in [1.807, 2.05) is 19.9 Å². The van der Waals surface area contributed by atoms with E-state index in [-0.39, 0.29) is 17.8 Å². The van der Waals surface area contributed by atoms with Crippen molar-refractivity contribution in [2.45, 2.75) is 52.3 Å². The largest absolute Gasteiger partial charge is 0.382 e. The third-order valence-corrected chi connectivity index (χ3v) is 5.40. The van der Waals surface area contributed by atoms with E-state index in [9.17, 15) is 9.90 Å². The maximum atomic E-state index is 12.8. The number of carbonyl (C=O) groups is 1. The van der Waals surface area contributed by atoms with Crippen LogP contribution in [0.3, 0.4) is 0 Å².